The molecule has 3 nitrogen and oxygen atoms in total. The number of rotatable bonds is 3. The number of nitrogens with zero attached hydrogens (tertiary/aromatic N) is 1. The summed E-state index contributed by atoms with van der Waals surface area (Å²) in [6, 6.07) is 14.7. The van der Waals surface area contributed by atoms with E-state index in [0.29, 0.717) is 0 Å². The molecule has 0 radical (unpaired) electrons. The molecule has 24 heavy (non-hydrogen) atoms. The maximum atomic E-state index is 10.0. The molecule has 0 saturated carbocycles. The highest BCUT2D eigenvalue weighted by Gasteiger charge is 2.10. The number of amides is 1. The predicted octanol–water partition coefficient (Wildman–Crippen LogP) is 3.88. The van der Waals surface area contributed by atoms with Gasteiger partial charge in [-0.1, -0.05) is 48.6 Å². The van der Waals surface area contributed by atoms with Crippen LogP contribution < -0.4 is 5.73 Å². The number of benzene rings is 2. The Morgan fingerprint density at radius 2 is 1.88 bits per heavy atom. The summed E-state index contributed by atoms with van der Waals surface area (Å²) >= 11 is 0. The van der Waals surface area contributed by atoms with E-state index in [-0.39, 0.29) is 0 Å². The van der Waals surface area contributed by atoms with Crippen LogP contribution in [0.25, 0.3) is 0 Å². The second kappa shape index (κ2) is 8.34. The van der Waals surface area contributed by atoms with Gasteiger partial charge in [0, 0.05) is 18.8 Å². The number of hydrogen-bond acceptors (Lipinski definition) is 2. The Hall–Kier alpha value is -2.55. The van der Waals surface area contributed by atoms with Crippen LogP contribution in [0.1, 0.15) is 28.7 Å². The first-order valence-electron chi connectivity index (χ1n) is 8.25. The molecular weight excluding hydrogens is 296 g/mol. The zero-order valence-corrected chi connectivity index (χ0v) is 14.6. The monoisotopic (exact) mass is 322 g/mol. The van der Waals surface area contributed by atoms with E-state index in [2.05, 4.69) is 56.8 Å². The molecule has 1 aliphatic rings. The van der Waals surface area contributed by atoms with E-state index < -0.39 is 0 Å². The van der Waals surface area contributed by atoms with Crippen molar-refractivity contribution in [2.45, 2.75) is 26.7 Å². The number of anilines is 1. The smallest absolute Gasteiger partial charge is 0.210 e. The van der Waals surface area contributed by atoms with Crippen LogP contribution in [0.15, 0.2) is 54.6 Å². The Kier molecular flexibility index (Phi) is 6.19. The minimum absolute atomic E-state index is 0.767. The molecular formula is C21H26N2O. The van der Waals surface area contributed by atoms with Gasteiger partial charge in [-0.3, -0.25) is 4.79 Å². The summed E-state index contributed by atoms with van der Waals surface area (Å²) in [6.45, 7) is 9.58. The number of nitrogens with two attached hydrogens (primary N) is 1. The van der Waals surface area contributed by atoms with Gasteiger partial charge in [0.15, 0.2) is 0 Å². The number of nitrogen functional groups attached to an aromatic ring is 1. The van der Waals surface area contributed by atoms with Crippen molar-refractivity contribution in [3.8, 4) is 0 Å². The predicted molar refractivity (Wildman–Crippen MR) is 101 cm³/mol. The molecule has 1 saturated heterocycles. The summed E-state index contributed by atoms with van der Waals surface area (Å²) in [5.74, 6) is 0. The molecule has 1 amide bonds. The molecule has 1 fully saturated rings. The normalized spacial score (nSPS) is 13.4. The summed E-state index contributed by atoms with van der Waals surface area (Å²) < 4.78 is 0. The fraction of sp³-hybridized carbons (Fsp3) is 0.286. The Bertz CT molecular complexity index is 707. The molecule has 2 aromatic rings. The van der Waals surface area contributed by atoms with E-state index in [9.17, 15) is 4.79 Å². The first-order chi connectivity index (χ1) is 11.5. The Morgan fingerprint density at radius 1 is 1.17 bits per heavy atom. The third kappa shape index (κ3) is 4.98. The number of hydrogen-bond donors (Lipinski definition) is 1. The maximum Gasteiger partial charge on any atom is 0.210 e. The van der Waals surface area contributed by atoms with Crippen molar-refractivity contribution in [3.63, 3.8) is 0 Å². The van der Waals surface area contributed by atoms with Crippen LogP contribution in [0, 0.1) is 13.8 Å². The molecule has 0 unspecified atom stereocenters. The lowest BCUT2D eigenvalue weighted by molar-refractivity contribution is -0.117. The molecule has 126 valence electrons. The van der Waals surface area contributed by atoms with Crippen molar-refractivity contribution >= 4 is 12.1 Å². The molecule has 0 aliphatic carbocycles. The molecule has 3 heteroatoms. The molecule has 2 aromatic carbocycles. The van der Waals surface area contributed by atoms with Gasteiger partial charge in [0.05, 0.1) is 0 Å². The SMILES string of the molecule is C=C1CCN(C=O)C1.Cc1cc(C)c(Cc2ccccc2)cc1N. The van der Waals surface area contributed by atoms with Crippen molar-refractivity contribution in [1.82, 2.24) is 4.90 Å². The number of aryl methyl sites for hydroxylation is 2. The zero-order valence-electron chi connectivity index (χ0n) is 14.6. The van der Waals surface area contributed by atoms with Gasteiger partial charge in [-0.25, -0.2) is 0 Å². The van der Waals surface area contributed by atoms with Crippen LogP contribution in [-0.2, 0) is 11.2 Å². The standard InChI is InChI=1S/C15H17N.C6H9NO/c1-11-8-12(2)15(16)10-14(11)9-13-6-4-3-5-7-13;1-6-2-3-7(4-6)5-8/h3-8,10H,9,16H2,1-2H3;5H,1-4H2. The number of carbonyl (C=O) groups is 1. The molecule has 0 spiro atoms. The van der Waals surface area contributed by atoms with Crippen molar-refractivity contribution < 1.29 is 4.79 Å². The first kappa shape index (κ1) is 17.8. The van der Waals surface area contributed by atoms with Gasteiger partial charge >= 0.3 is 0 Å². The quantitative estimate of drug-likeness (QED) is 0.529. The van der Waals surface area contributed by atoms with Crippen molar-refractivity contribution in [2.24, 2.45) is 0 Å². The van der Waals surface area contributed by atoms with Crippen molar-refractivity contribution in [2.75, 3.05) is 18.8 Å². The summed E-state index contributed by atoms with van der Waals surface area (Å²) in [5.41, 5.74) is 13.1. The average molecular weight is 322 g/mol. The molecule has 0 bridgehead atoms. The maximum absolute atomic E-state index is 10.0. The fourth-order valence-corrected chi connectivity index (χ4v) is 2.76. The van der Waals surface area contributed by atoms with Gasteiger partial charge in [-0.2, -0.15) is 0 Å². The summed E-state index contributed by atoms with van der Waals surface area (Å²) in [6.07, 6.45) is 2.81. The van der Waals surface area contributed by atoms with Gasteiger partial charge < -0.3 is 10.6 Å². The second-order valence-corrected chi connectivity index (χ2v) is 6.37. The number of carbonyl (C=O) groups excluding carboxylic acids is 1. The minimum Gasteiger partial charge on any atom is -0.399 e. The van der Waals surface area contributed by atoms with Crippen LogP contribution >= 0.6 is 0 Å². The van der Waals surface area contributed by atoms with Gasteiger partial charge in [-0.05, 0) is 55.0 Å². The van der Waals surface area contributed by atoms with Crippen LogP contribution in [0.5, 0.6) is 0 Å². The Balaban J connectivity index is 0.000000219. The van der Waals surface area contributed by atoms with E-state index in [1.54, 1.807) is 4.90 Å². The fourth-order valence-electron chi connectivity index (χ4n) is 2.76. The highest BCUT2D eigenvalue weighted by Crippen LogP contribution is 2.20. The third-order valence-corrected chi connectivity index (χ3v) is 4.29. The third-order valence-electron chi connectivity index (χ3n) is 4.29. The van der Waals surface area contributed by atoms with Crippen LogP contribution in [0.2, 0.25) is 0 Å². The molecule has 3 rings (SSSR count). The van der Waals surface area contributed by atoms with Gasteiger partial charge in [0.2, 0.25) is 6.41 Å². The van der Waals surface area contributed by atoms with Gasteiger partial charge in [0.25, 0.3) is 0 Å². The highest BCUT2D eigenvalue weighted by atomic mass is 16.1. The topological polar surface area (TPSA) is 46.3 Å². The lowest BCUT2D eigenvalue weighted by Gasteiger charge is -2.09. The zero-order chi connectivity index (χ0) is 17.5. The summed E-state index contributed by atoms with van der Waals surface area (Å²) in [5, 5.41) is 0. The van der Waals surface area contributed by atoms with E-state index in [0.717, 1.165) is 49.2 Å². The Morgan fingerprint density at radius 3 is 2.42 bits per heavy atom. The van der Waals surface area contributed by atoms with Crippen LogP contribution in [0.3, 0.4) is 0 Å². The average Bonchev–Trinajstić information content (AvgIpc) is 3.00. The molecule has 1 aliphatic heterocycles. The number of likely N-dealkylation sites (tertiary alicyclic amines) is 1. The van der Waals surface area contributed by atoms with Crippen LogP contribution in [-0.4, -0.2) is 24.4 Å². The Labute approximate surface area is 144 Å². The highest BCUT2D eigenvalue weighted by molar-refractivity contribution is 5.52. The second-order valence-electron chi connectivity index (χ2n) is 6.37. The minimum atomic E-state index is 0.767. The van der Waals surface area contributed by atoms with E-state index in [1.165, 1.54) is 16.7 Å². The molecule has 2 N–H and O–H groups in total. The van der Waals surface area contributed by atoms with E-state index in [1.807, 2.05) is 6.07 Å². The lowest BCUT2D eigenvalue weighted by atomic mass is 9.98. The summed E-state index contributed by atoms with van der Waals surface area (Å²) in [4.78, 5) is 11.8. The summed E-state index contributed by atoms with van der Waals surface area (Å²) in [7, 11) is 0. The van der Waals surface area contributed by atoms with Gasteiger partial charge in [0.1, 0.15) is 0 Å². The van der Waals surface area contributed by atoms with Gasteiger partial charge in [-0.15, -0.1) is 0 Å². The van der Waals surface area contributed by atoms with Crippen LogP contribution in [0.4, 0.5) is 5.69 Å². The largest absolute Gasteiger partial charge is 0.399 e. The van der Waals surface area contributed by atoms with E-state index in [4.69, 9.17) is 5.73 Å². The van der Waals surface area contributed by atoms with Crippen molar-refractivity contribution in [3.05, 3.63) is 76.9 Å². The first-order valence-corrected chi connectivity index (χ1v) is 8.25. The van der Waals surface area contributed by atoms with E-state index >= 15 is 0 Å². The molecule has 0 atom stereocenters. The lowest BCUT2D eigenvalue weighted by Crippen LogP contribution is -2.15. The van der Waals surface area contributed by atoms with Crippen molar-refractivity contribution in [1.29, 1.82) is 0 Å². The molecule has 1 heterocycles. The molecule has 0 aromatic heterocycles.